The molecule has 0 bridgehead atoms. The normalized spacial score (nSPS) is 48.6. The number of rotatable bonds is 2. The van der Waals surface area contributed by atoms with Crippen LogP contribution >= 0.6 is 15.9 Å². The van der Waals surface area contributed by atoms with Crippen molar-refractivity contribution in [2.45, 2.75) is 50.0 Å². The molecule has 3 fully saturated rings. The van der Waals surface area contributed by atoms with Gasteiger partial charge in [0.15, 0.2) is 11.6 Å². The predicted molar refractivity (Wildman–Crippen MR) is 102 cm³/mol. The van der Waals surface area contributed by atoms with Crippen LogP contribution in [0.15, 0.2) is 23.8 Å². The number of alkyl halides is 1. The molecule has 3 saturated carbocycles. The SMILES string of the molecule is C[C@]12C=CC(=O)C=C1C(Br)C[C@@H]1[C@@H]2C(=O)C[C@@]2(C)[C@H]1CC[C@]2(O)C(=O)CO. The molecular formula is C21H25BrO5. The third kappa shape index (κ3) is 2.33. The minimum absolute atomic E-state index is 0.0149. The molecule has 0 amide bonds. The molecule has 4 rings (SSSR count). The number of fused-ring (bicyclic) bond motifs is 5. The van der Waals surface area contributed by atoms with Gasteiger partial charge in [-0.1, -0.05) is 35.9 Å². The van der Waals surface area contributed by atoms with Crippen molar-refractivity contribution in [1.29, 1.82) is 0 Å². The van der Waals surface area contributed by atoms with Crippen LogP contribution in [0.3, 0.4) is 0 Å². The van der Waals surface area contributed by atoms with Crippen LogP contribution in [0, 0.1) is 28.6 Å². The first-order valence-corrected chi connectivity index (χ1v) is 10.5. The zero-order valence-electron chi connectivity index (χ0n) is 15.6. The number of hydrogen-bond acceptors (Lipinski definition) is 5. The highest BCUT2D eigenvalue weighted by atomic mass is 79.9. The average Bonchev–Trinajstić information content (AvgIpc) is 2.87. The molecule has 0 aromatic carbocycles. The third-order valence-corrected chi connectivity index (χ3v) is 8.86. The van der Waals surface area contributed by atoms with Gasteiger partial charge in [0.2, 0.25) is 0 Å². The van der Waals surface area contributed by atoms with Gasteiger partial charge in [0.1, 0.15) is 18.0 Å². The predicted octanol–water partition coefficient (Wildman–Crippen LogP) is 2.14. The van der Waals surface area contributed by atoms with E-state index >= 15 is 0 Å². The number of carbonyl (C=O) groups is 3. The molecule has 7 atom stereocenters. The van der Waals surface area contributed by atoms with Crippen LogP contribution < -0.4 is 0 Å². The summed E-state index contributed by atoms with van der Waals surface area (Å²) >= 11 is 3.73. The summed E-state index contributed by atoms with van der Waals surface area (Å²) < 4.78 is 0. The van der Waals surface area contributed by atoms with E-state index in [2.05, 4.69) is 15.9 Å². The number of hydrogen-bond donors (Lipinski definition) is 2. The third-order valence-electron chi connectivity index (χ3n) is 7.99. The molecule has 146 valence electrons. The van der Waals surface area contributed by atoms with Crippen LogP contribution in [-0.4, -0.2) is 44.6 Å². The molecule has 1 unspecified atom stereocenters. The van der Waals surface area contributed by atoms with E-state index in [1.165, 1.54) is 0 Å². The van der Waals surface area contributed by atoms with Gasteiger partial charge in [0, 0.05) is 28.0 Å². The quantitative estimate of drug-likeness (QED) is 0.646. The van der Waals surface area contributed by atoms with Gasteiger partial charge in [-0.15, -0.1) is 0 Å². The van der Waals surface area contributed by atoms with Crippen molar-refractivity contribution >= 4 is 33.3 Å². The highest BCUT2D eigenvalue weighted by molar-refractivity contribution is 9.09. The van der Waals surface area contributed by atoms with E-state index in [1.54, 1.807) is 12.2 Å². The maximum Gasteiger partial charge on any atom is 0.190 e. The van der Waals surface area contributed by atoms with Crippen LogP contribution in [0.25, 0.3) is 0 Å². The molecule has 0 aliphatic heterocycles. The molecule has 2 N–H and O–H groups in total. The first-order chi connectivity index (χ1) is 12.6. The summed E-state index contributed by atoms with van der Waals surface area (Å²) in [5.41, 5.74) is -2.08. The number of aliphatic hydroxyl groups excluding tert-OH is 1. The van der Waals surface area contributed by atoms with Gasteiger partial charge in [-0.3, -0.25) is 14.4 Å². The maximum absolute atomic E-state index is 13.4. The second-order valence-electron chi connectivity index (χ2n) is 9.11. The van der Waals surface area contributed by atoms with Crippen molar-refractivity contribution in [3.63, 3.8) is 0 Å². The highest BCUT2D eigenvalue weighted by Crippen LogP contribution is 2.66. The second kappa shape index (κ2) is 5.94. The Balaban J connectivity index is 1.79. The lowest BCUT2D eigenvalue weighted by Gasteiger charge is -2.57. The largest absolute Gasteiger partial charge is 0.388 e. The molecule has 0 saturated heterocycles. The van der Waals surface area contributed by atoms with E-state index in [4.69, 9.17) is 0 Å². The van der Waals surface area contributed by atoms with Crippen LogP contribution in [0.1, 0.15) is 39.5 Å². The summed E-state index contributed by atoms with van der Waals surface area (Å²) in [4.78, 5) is 37.6. The lowest BCUT2D eigenvalue weighted by molar-refractivity contribution is -0.168. The van der Waals surface area contributed by atoms with E-state index < -0.39 is 28.8 Å². The molecule has 5 nitrogen and oxygen atoms in total. The van der Waals surface area contributed by atoms with Crippen molar-refractivity contribution < 1.29 is 24.6 Å². The maximum atomic E-state index is 13.4. The van der Waals surface area contributed by atoms with E-state index in [1.807, 2.05) is 19.9 Å². The molecule has 27 heavy (non-hydrogen) atoms. The number of aliphatic hydroxyl groups is 2. The van der Waals surface area contributed by atoms with Crippen molar-refractivity contribution in [2.24, 2.45) is 28.6 Å². The Morgan fingerprint density at radius 1 is 1.33 bits per heavy atom. The standard InChI is InChI=1S/C21H25BrO5/c1-19-5-3-11(24)7-14(19)15(22)8-12-13-4-6-21(27,17(26)10-23)20(13,2)9-16(25)18(12)19/h3,5,7,12-13,15,18,23,27H,4,6,8-10H2,1-2H3/t12-,13-,15?,18+,19-,20-,21-/m0/s1. The van der Waals surface area contributed by atoms with E-state index in [9.17, 15) is 24.6 Å². The summed E-state index contributed by atoms with van der Waals surface area (Å²) in [6.45, 7) is 3.15. The molecule has 0 radical (unpaired) electrons. The van der Waals surface area contributed by atoms with Crippen molar-refractivity contribution in [3.8, 4) is 0 Å². The Hall–Kier alpha value is -1.11. The molecule has 4 aliphatic carbocycles. The molecular weight excluding hydrogens is 412 g/mol. The van der Waals surface area contributed by atoms with E-state index in [-0.39, 0.29) is 47.0 Å². The van der Waals surface area contributed by atoms with Crippen molar-refractivity contribution in [3.05, 3.63) is 23.8 Å². The van der Waals surface area contributed by atoms with Crippen LogP contribution in [0.4, 0.5) is 0 Å². The Bertz CT molecular complexity index is 800. The van der Waals surface area contributed by atoms with Gasteiger partial charge >= 0.3 is 0 Å². The number of Topliss-reactive ketones (excluding diaryl/α,β-unsaturated/α-hetero) is 2. The zero-order valence-corrected chi connectivity index (χ0v) is 17.2. The van der Waals surface area contributed by atoms with Crippen LogP contribution in [0.5, 0.6) is 0 Å². The monoisotopic (exact) mass is 436 g/mol. The van der Waals surface area contributed by atoms with E-state index in [0.29, 0.717) is 12.8 Å². The first kappa shape index (κ1) is 19.2. The van der Waals surface area contributed by atoms with Gasteiger partial charge < -0.3 is 10.2 Å². The molecule has 0 heterocycles. The second-order valence-corrected chi connectivity index (χ2v) is 10.2. The van der Waals surface area contributed by atoms with Gasteiger partial charge in [0.25, 0.3) is 0 Å². The fourth-order valence-corrected chi connectivity index (χ4v) is 7.69. The summed E-state index contributed by atoms with van der Waals surface area (Å²) in [7, 11) is 0. The van der Waals surface area contributed by atoms with Gasteiger partial charge in [-0.05, 0) is 48.8 Å². The van der Waals surface area contributed by atoms with E-state index in [0.717, 1.165) is 5.57 Å². The smallest absolute Gasteiger partial charge is 0.190 e. The van der Waals surface area contributed by atoms with Crippen molar-refractivity contribution in [2.75, 3.05) is 6.61 Å². The Morgan fingerprint density at radius 3 is 2.70 bits per heavy atom. The molecule has 0 aromatic rings. The number of allylic oxidation sites excluding steroid dienone is 4. The molecule has 4 aliphatic rings. The first-order valence-electron chi connectivity index (χ1n) is 9.57. The summed E-state index contributed by atoms with van der Waals surface area (Å²) in [5.74, 6) is -0.823. The van der Waals surface area contributed by atoms with Crippen LogP contribution in [-0.2, 0) is 14.4 Å². The number of ketones is 3. The van der Waals surface area contributed by atoms with Gasteiger partial charge in [0.05, 0.1) is 0 Å². The van der Waals surface area contributed by atoms with Crippen LogP contribution in [0.2, 0.25) is 0 Å². The topological polar surface area (TPSA) is 91.7 Å². The Kier molecular flexibility index (Phi) is 4.23. The lowest BCUT2D eigenvalue weighted by Crippen LogP contribution is -2.61. The zero-order chi connectivity index (χ0) is 19.8. The minimum Gasteiger partial charge on any atom is -0.388 e. The number of carbonyl (C=O) groups excluding carboxylic acids is 3. The Morgan fingerprint density at radius 2 is 2.04 bits per heavy atom. The summed E-state index contributed by atoms with van der Waals surface area (Å²) in [6.07, 6.45) is 6.83. The molecule has 6 heteroatoms. The molecule has 0 spiro atoms. The van der Waals surface area contributed by atoms with Crippen molar-refractivity contribution in [1.82, 2.24) is 0 Å². The summed E-state index contributed by atoms with van der Waals surface area (Å²) in [5, 5.41) is 20.6. The highest BCUT2D eigenvalue weighted by Gasteiger charge is 2.68. The minimum atomic E-state index is -1.65. The Labute approximate surface area is 167 Å². The summed E-state index contributed by atoms with van der Waals surface area (Å²) in [6, 6.07) is 0. The average molecular weight is 437 g/mol. The van der Waals surface area contributed by atoms with Gasteiger partial charge in [-0.25, -0.2) is 0 Å². The van der Waals surface area contributed by atoms with Gasteiger partial charge in [-0.2, -0.15) is 0 Å². The molecule has 0 aromatic heterocycles. The number of halogens is 1. The lowest BCUT2D eigenvalue weighted by atomic mass is 9.46. The fourth-order valence-electron chi connectivity index (χ4n) is 6.64. The fraction of sp³-hybridized carbons (Fsp3) is 0.667.